The average Bonchev–Trinajstić information content (AvgIpc) is 2.43. The summed E-state index contributed by atoms with van der Waals surface area (Å²) in [6, 6.07) is 4.61. The minimum Gasteiger partial charge on any atom is -0.309 e. The number of hydrogen-bond donors (Lipinski definition) is 1. The lowest BCUT2D eigenvalue weighted by Crippen LogP contribution is -2.24. The van der Waals surface area contributed by atoms with E-state index >= 15 is 0 Å². The number of nitrogens with one attached hydrogen (secondary N) is 1. The van der Waals surface area contributed by atoms with Gasteiger partial charge in [-0.3, -0.25) is 9.97 Å². The maximum absolute atomic E-state index is 13.8. The second kappa shape index (κ2) is 6.59. The van der Waals surface area contributed by atoms with Crippen molar-refractivity contribution in [2.45, 2.75) is 19.4 Å². The van der Waals surface area contributed by atoms with Crippen molar-refractivity contribution in [1.82, 2.24) is 15.3 Å². The summed E-state index contributed by atoms with van der Waals surface area (Å²) >= 11 is 6.06. The van der Waals surface area contributed by atoms with Gasteiger partial charge in [-0.1, -0.05) is 24.6 Å². The molecule has 1 N–H and O–H groups in total. The first kappa shape index (κ1) is 13.9. The van der Waals surface area contributed by atoms with Crippen LogP contribution in [0.15, 0.2) is 36.8 Å². The first-order chi connectivity index (χ1) is 9.22. The Hall–Kier alpha value is -1.52. The number of benzene rings is 1. The van der Waals surface area contributed by atoms with Crippen molar-refractivity contribution >= 4 is 11.6 Å². The summed E-state index contributed by atoms with van der Waals surface area (Å²) in [5.41, 5.74) is 1.28. The zero-order valence-electron chi connectivity index (χ0n) is 10.6. The molecule has 100 valence electrons. The monoisotopic (exact) mass is 279 g/mol. The van der Waals surface area contributed by atoms with E-state index < -0.39 is 0 Å². The molecule has 5 heteroatoms. The quantitative estimate of drug-likeness (QED) is 0.914. The minimum absolute atomic E-state index is 0.104. The Bertz CT molecular complexity index is 513. The van der Waals surface area contributed by atoms with Gasteiger partial charge < -0.3 is 5.32 Å². The molecule has 0 saturated carbocycles. The maximum Gasteiger partial charge on any atom is 0.127 e. The summed E-state index contributed by atoms with van der Waals surface area (Å²) in [4.78, 5) is 8.31. The molecule has 0 bridgehead atoms. The van der Waals surface area contributed by atoms with Crippen LogP contribution >= 0.6 is 11.6 Å². The first-order valence-corrected chi connectivity index (χ1v) is 6.52. The molecule has 3 nitrogen and oxygen atoms in total. The number of likely N-dealkylation sites (N-methyl/N-ethyl adjacent to an activating group) is 1. The fraction of sp³-hybridized carbons (Fsp3) is 0.286. The molecule has 19 heavy (non-hydrogen) atoms. The van der Waals surface area contributed by atoms with Crippen molar-refractivity contribution in [3.63, 3.8) is 0 Å². The highest BCUT2D eigenvalue weighted by molar-refractivity contribution is 6.31. The Balaban J connectivity index is 2.27. The normalized spacial score (nSPS) is 12.4. The van der Waals surface area contributed by atoms with Gasteiger partial charge in [-0.05, 0) is 25.1 Å². The molecule has 0 radical (unpaired) electrons. The number of rotatable bonds is 5. The highest BCUT2D eigenvalue weighted by Crippen LogP contribution is 2.24. The van der Waals surface area contributed by atoms with Crippen LogP contribution in [0.3, 0.4) is 0 Å². The summed E-state index contributed by atoms with van der Waals surface area (Å²) < 4.78 is 13.8. The fourth-order valence-electron chi connectivity index (χ4n) is 1.95. The van der Waals surface area contributed by atoms with Crippen LogP contribution in [0.25, 0.3) is 0 Å². The third-order valence-corrected chi connectivity index (χ3v) is 3.21. The summed E-state index contributed by atoms with van der Waals surface area (Å²) in [5.74, 6) is -0.292. The molecule has 0 amide bonds. The topological polar surface area (TPSA) is 37.8 Å². The fourth-order valence-corrected chi connectivity index (χ4v) is 2.19. The predicted octanol–water partition coefficient (Wildman–Crippen LogP) is 3.16. The smallest absolute Gasteiger partial charge is 0.127 e. The van der Waals surface area contributed by atoms with E-state index in [1.165, 1.54) is 6.07 Å². The molecule has 0 fully saturated rings. The van der Waals surface area contributed by atoms with Gasteiger partial charge in [0, 0.05) is 29.2 Å². The van der Waals surface area contributed by atoms with Crippen molar-refractivity contribution in [2.75, 3.05) is 6.54 Å². The van der Waals surface area contributed by atoms with Gasteiger partial charge in [-0.15, -0.1) is 0 Å². The van der Waals surface area contributed by atoms with E-state index in [1.807, 2.05) is 6.92 Å². The Labute approximate surface area is 116 Å². The van der Waals surface area contributed by atoms with Crippen molar-refractivity contribution < 1.29 is 4.39 Å². The van der Waals surface area contributed by atoms with Gasteiger partial charge in [0.2, 0.25) is 0 Å². The molecular weight excluding hydrogens is 265 g/mol. The van der Waals surface area contributed by atoms with Crippen molar-refractivity contribution in [1.29, 1.82) is 0 Å². The largest absolute Gasteiger partial charge is 0.309 e. The van der Waals surface area contributed by atoms with E-state index in [1.54, 1.807) is 30.7 Å². The van der Waals surface area contributed by atoms with Crippen LogP contribution in [0, 0.1) is 5.82 Å². The Morgan fingerprint density at radius 3 is 2.84 bits per heavy atom. The molecule has 2 aromatic rings. The molecule has 0 aliphatic rings. The van der Waals surface area contributed by atoms with Crippen LogP contribution in [-0.2, 0) is 6.42 Å². The third kappa shape index (κ3) is 3.49. The zero-order valence-corrected chi connectivity index (χ0v) is 11.4. The maximum atomic E-state index is 13.8. The number of nitrogens with zero attached hydrogens (tertiary/aromatic N) is 2. The Morgan fingerprint density at radius 1 is 1.37 bits per heavy atom. The minimum atomic E-state index is -0.292. The molecule has 1 heterocycles. The lowest BCUT2D eigenvalue weighted by molar-refractivity contribution is 0.516. The van der Waals surface area contributed by atoms with Crippen LogP contribution in [0.5, 0.6) is 0 Å². The molecule has 0 aliphatic heterocycles. The second-order valence-corrected chi connectivity index (χ2v) is 4.55. The third-order valence-electron chi connectivity index (χ3n) is 2.86. The molecule has 1 atom stereocenters. The number of hydrogen-bond acceptors (Lipinski definition) is 3. The van der Waals surface area contributed by atoms with Gasteiger partial charge in [0.1, 0.15) is 5.82 Å². The highest BCUT2D eigenvalue weighted by atomic mass is 35.5. The van der Waals surface area contributed by atoms with E-state index in [2.05, 4.69) is 15.3 Å². The highest BCUT2D eigenvalue weighted by Gasteiger charge is 2.17. The Kier molecular flexibility index (Phi) is 4.82. The summed E-state index contributed by atoms with van der Waals surface area (Å²) in [5, 5.41) is 3.71. The lowest BCUT2D eigenvalue weighted by atomic mass is 10.0. The molecule has 2 rings (SSSR count). The zero-order chi connectivity index (χ0) is 13.7. The standard InChI is InChI=1S/C14H15ClFN3/c1-2-18-13(14-9-17-6-7-19-14)8-10-11(15)4-3-5-12(10)16/h3-7,9,13,18H,2,8H2,1H3. The van der Waals surface area contributed by atoms with Gasteiger partial charge in [-0.25, -0.2) is 4.39 Å². The molecule has 1 aromatic heterocycles. The molecule has 0 saturated heterocycles. The van der Waals surface area contributed by atoms with Gasteiger partial charge in [0.15, 0.2) is 0 Å². The van der Waals surface area contributed by atoms with Gasteiger partial charge in [-0.2, -0.15) is 0 Å². The summed E-state index contributed by atoms with van der Waals surface area (Å²) in [6.45, 7) is 2.75. The molecule has 1 aromatic carbocycles. The van der Waals surface area contributed by atoms with E-state index in [4.69, 9.17) is 11.6 Å². The van der Waals surface area contributed by atoms with Gasteiger partial charge >= 0.3 is 0 Å². The average molecular weight is 280 g/mol. The summed E-state index contributed by atoms with van der Waals surface area (Å²) in [6.07, 6.45) is 5.37. The van der Waals surface area contributed by atoms with E-state index in [0.717, 1.165) is 12.2 Å². The molecular formula is C14H15ClFN3. The SMILES string of the molecule is CCNC(Cc1c(F)cccc1Cl)c1cnccn1. The van der Waals surface area contributed by atoms with Crippen LogP contribution in [0.2, 0.25) is 5.02 Å². The van der Waals surface area contributed by atoms with Gasteiger partial charge in [0.05, 0.1) is 11.7 Å². The van der Waals surface area contributed by atoms with Crippen molar-refractivity contribution in [2.24, 2.45) is 0 Å². The molecule has 0 spiro atoms. The van der Waals surface area contributed by atoms with Crippen LogP contribution in [0.4, 0.5) is 4.39 Å². The van der Waals surface area contributed by atoms with Gasteiger partial charge in [0.25, 0.3) is 0 Å². The predicted molar refractivity (Wildman–Crippen MR) is 73.6 cm³/mol. The van der Waals surface area contributed by atoms with Crippen LogP contribution in [0.1, 0.15) is 24.2 Å². The van der Waals surface area contributed by atoms with Crippen LogP contribution in [-0.4, -0.2) is 16.5 Å². The number of halogens is 2. The molecule has 1 unspecified atom stereocenters. The van der Waals surface area contributed by atoms with E-state index in [9.17, 15) is 4.39 Å². The second-order valence-electron chi connectivity index (χ2n) is 4.14. The summed E-state index contributed by atoms with van der Waals surface area (Å²) in [7, 11) is 0. The van der Waals surface area contributed by atoms with E-state index in [-0.39, 0.29) is 11.9 Å². The molecule has 0 aliphatic carbocycles. The van der Waals surface area contributed by atoms with Crippen LogP contribution < -0.4 is 5.32 Å². The van der Waals surface area contributed by atoms with Crippen molar-refractivity contribution in [3.05, 3.63) is 58.9 Å². The van der Waals surface area contributed by atoms with Crippen molar-refractivity contribution in [3.8, 4) is 0 Å². The van der Waals surface area contributed by atoms with E-state index in [0.29, 0.717) is 17.0 Å². The number of aromatic nitrogens is 2. The Morgan fingerprint density at radius 2 is 2.21 bits per heavy atom. The lowest BCUT2D eigenvalue weighted by Gasteiger charge is -2.18. The first-order valence-electron chi connectivity index (χ1n) is 6.14.